The summed E-state index contributed by atoms with van der Waals surface area (Å²) >= 11 is 2.12. The zero-order valence-electron chi connectivity index (χ0n) is 7.13. The Bertz CT molecular complexity index is 362. The minimum absolute atomic E-state index is 0.0758. The number of carboxylic acid groups (broad SMARTS) is 2. The van der Waals surface area contributed by atoms with Gasteiger partial charge in [0.2, 0.25) is 0 Å². The molecule has 1 aromatic rings. The summed E-state index contributed by atoms with van der Waals surface area (Å²) in [6.45, 7) is 1.50. The Hall–Kier alpha value is -1.08. The molecule has 1 heterocycles. The molecule has 1 rings (SSSR count). The molecule has 2 N–H and O–H groups in total. The molecule has 0 aliphatic heterocycles. The summed E-state index contributed by atoms with van der Waals surface area (Å²) in [5, 5.41) is 16.6. The van der Waals surface area contributed by atoms with E-state index in [-0.39, 0.29) is 5.69 Å². The van der Waals surface area contributed by atoms with Gasteiger partial charge >= 0.3 is 11.9 Å². The third-order valence-electron chi connectivity index (χ3n) is 1.37. The minimum atomic E-state index is -1.13. The van der Waals surface area contributed by atoms with Gasteiger partial charge in [-0.25, -0.2) is 9.78 Å². The molecule has 0 aromatic carbocycles. The molecule has 7 heteroatoms. The van der Waals surface area contributed by atoms with Crippen LogP contribution in [-0.2, 0) is 4.79 Å². The number of aromatic nitrogens is 1. The van der Waals surface area contributed by atoms with E-state index in [2.05, 4.69) is 4.98 Å². The van der Waals surface area contributed by atoms with Gasteiger partial charge in [-0.1, -0.05) is 11.8 Å². The molecule has 76 valence electrons. The van der Waals surface area contributed by atoms with Crippen LogP contribution in [0, 0.1) is 0 Å². The minimum Gasteiger partial charge on any atom is -0.480 e. The normalized spacial score (nSPS) is 12.4. The van der Waals surface area contributed by atoms with Gasteiger partial charge < -0.3 is 10.2 Å². The molecule has 1 aromatic heterocycles. The topological polar surface area (TPSA) is 87.5 Å². The molecular formula is C7H7NO4S2. The number of carboxylic acids is 2. The second kappa shape index (κ2) is 4.43. The van der Waals surface area contributed by atoms with Crippen molar-refractivity contribution < 1.29 is 19.8 Å². The quantitative estimate of drug-likeness (QED) is 0.764. The highest BCUT2D eigenvalue weighted by atomic mass is 32.2. The van der Waals surface area contributed by atoms with Crippen molar-refractivity contribution in [2.45, 2.75) is 16.4 Å². The first-order chi connectivity index (χ1) is 6.52. The fourth-order valence-electron chi connectivity index (χ4n) is 0.673. The lowest BCUT2D eigenvalue weighted by Gasteiger charge is -2.03. The first-order valence-electron chi connectivity index (χ1n) is 3.58. The lowest BCUT2D eigenvalue weighted by molar-refractivity contribution is -0.136. The third-order valence-corrected chi connectivity index (χ3v) is 3.53. The molecular weight excluding hydrogens is 226 g/mol. The van der Waals surface area contributed by atoms with Crippen molar-refractivity contribution in [2.24, 2.45) is 0 Å². The number of thioether (sulfide) groups is 1. The molecule has 0 saturated carbocycles. The van der Waals surface area contributed by atoms with Crippen molar-refractivity contribution >= 4 is 35.0 Å². The number of carbonyl (C=O) groups is 2. The van der Waals surface area contributed by atoms with Gasteiger partial charge in [0.1, 0.15) is 5.25 Å². The molecule has 0 saturated heterocycles. The summed E-state index contributed by atoms with van der Waals surface area (Å²) < 4.78 is 0.424. The van der Waals surface area contributed by atoms with E-state index in [4.69, 9.17) is 10.2 Å². The molecule has 0 radical (unpaired) electrons. The smallest absolute Gasteiger partial charge is 0.356 e. The van der Waals surface area contributed by atoms with Gasteiger partial charge in [-0.05, 0) is 6.92 Å². The average molecular weight is 233 g/mol. The maximum Gasteiger partial charge on any atom is 0.356 e. The van der Waals surface area contributed by atoms with Crippen LogP contribution in [0.1, 0.15) is 17.4 Å². The van der Waals surface area contributed by atoms with E-state index in [1.807, 2.05) is 0 Å². The van der Waals surface area contributed by atoms with Crippen LogP contribution in [0.5, 0.6) is 0 Å². The maximum atomic E-state index is 10.6. The van der Waals surface area contributed by atoms with Gasteiger partial charge in [0.05, 0.1) is 9.72 Å². The van der Waals surface area contributed by atoms with Gasteiger partial charge in [0.15, 0.2) is 5.69 Å². The van der Waals surface area contributed by atoms with Crippen LogP contribution in [0.4, 0.5) is 0 Å². The van der Waals surface area contributed by atoms with E-state index < -0.39 is 17.2 Å². The largest absolute Gasteiger partial charge is 0.480 e. The Morgan fingerprint density at radius 1 is 1.57 bits per heavy atom. The first kappa shape index (κ1) is 11.0. The monoisotopic (exact) mass is 233 g/mol. The predicted molar refractivity (Wildman–Crippen MR) is 52.0 cm³/mol. The zero-order valence-corrected chi connectivity index (χ0v) is 8.76. The molecule has 1 unspecified atom stereocenters. The van der Waals surface area contributed by atoms with Crippen molar-refractivity contribution in [1.29, 1.82) is 0 Å². The highest BCUT2D eigenvalue weighted by molar-refractivity contribution is 8.02. The first-order valence-corrected chi connectivity index (χ1v) is 5.34. The van der Waals surface area contributed by atoms with E-state index in [1.165, 1.54) is 12.4 Å². The van der Waals surface area contributed by atoms with Crippen molar-refractivity contribution in [3.63, 3.8) is 0 Å². The van der Waals surface area contributed by atoms with Gasteiger partial charge in [0.25, 0.3) is 0 Å². The van der Waals surface area contributed by atoms with E-state index >= 15 is 0 Å². The molecule has 0 fully saturated rings. The average Bonchev–Trinajstić information content (AvgIpc) is 2.52. The van der Waals surface area contributed by atoms with Crippen molar-refractivity contribution in [1.82, 2.24) is 4.98 Å². The Morgan fingerprint density at radius 3 is 2.71 bits per heavy atom. The summed E-state index contributed by atoms with van der Waals surface area (Å²) in [5.41, 5.74) is 1.31. The second-order valence-corrected chi connectivity index (χ2v) is 4.86. The summed E-state index contributed by atoms with van der Waals surface area (Å²) in [6.07, 6.45) is 0. The molecule has 0 amide bonds. The van der Waals surface area contributed by atoms with E-state index in [0.717, 1.165) is 23.1 Å². The molecule has 1 atom stereocenters. The SMILES string of the molecule is CC(Sc1scnc1C(=O)O)C(=O)O. The van der Waals surface area contributed by atoms with E-state index in [1.54, 1.807) is 0 Å². The van der Waals surface area contributed by atoms with Crippen LogP contribution in [0.15, 0.2) is 9.72 Å². The number of aliphatic carboxylic acids is 1. The summed E-state index contributed by atoms with van der Waals surface area (Å²) in [5.74, 6) is -2.11. The van der Waals surface area contributed by atoms with Crippen LogP contribution in [0.3, 0.4) is 0 Å². The number of nitrogens with zero attached hydrogens (tertiary/aromatic N) is 1. The molecule has 0 bridgehead atoms. The second-order valence-electron chi connectivity index (χ2n) is 2.39. The maximum absolute atomic E-state index is 10.6. The molecule has 14 heavy (non-hydrogen) atoms. The molecule has 0 aliphatic carbocycles. The van der Waals surface area contributed by atoms with Crippen molar-refractivity contribution in [2.75, 3.05) is 0 Å². The van der Waals surface area contributed by atoms with E-state index in [9.17, 15) is 9.59 Å². The van der Waals surface area contributed by atoms with Crippen LogP contribution in [0.25, 0.3) is 0 Å². The Labute approximate surface area is 87.8 Å². The highest BCUT2D eigenvalue weighted by Crippen LogP contribution is 2.30. The number of rotatable bonds is 4. The van der Waals surface area contributed by atoms with Crippen molar-refractivity contribution in [3.8, 4) is 0 Å². The molecule has 5 nitrogen and oxygen atoms in total. The van der Waals surface area contributed by atoms with Gasteiger partial charge in [0, 0.05) is 0 Å². The van der Waals surface area contributed by atoms with Crippen LogP contribution < -0.4 is 0 Å². The molecule has 0 aliphatic rings. The lowest BCUT2D eigenvalue weighted by Crippen LogP contribution is -2.11. The predicted octanol–water partition coefficient (Wildman–Crippen LogP) is 1.41. The fourth-order valence-corrected chi connectivity index (χ4v) is 2.64. The zero-order chi connectivity index (χ0) is 10.7. The number of aromatic carboxylic acids is 1. The van der Waals surface area contributed by atoms with Gasteiger partial charge in [-0.15, -0.1) is 11.3 Å². The third kappa shape index (κ3) is 2.46. The van der Waals surface area contributed by atoms with Gasteiger partial charge in [-0.3, -0.25) is 4.79 Å². The number of hydrogen-bond acceptors (Lipinski definition) is 5. The Morgan fingerprint density at radius 2 is 2.21 bits per heavy atom. The number of hydrogen-bond donors (Lipinski definition) is 2. The Kier molecular flexibility index (Phi) is 3.48. The van der Waals surface area contributed by atoms with Gasteiger partial charge in [-0.2, -0.15) is 0 Å². The summed E-state index contributed by atoms with van der Waals surface area (Å²) in [4.78, 5) is 24.8. The standard InChI is InChI=1S/C7H7NO4S2/c1-3(5(9)10)14-7-4(6(11)12)8-2-13-7/h2-3H,1H3,(H,9,10)(H,11,12). The summed E-state index contributed by atoms with van der Waals surface area (Å²) in [7, 11) is 0. The highest BCUT2D eigenvalue weighted by Gasteiger charge is 2.19. The number of thiazole rings is 1. The summed E-state index contributed by atoms with van der Waals surface area (Å²) in [6, 6.07) is 0. The van der Waals surface area contributed by atoms with Crippen LogP contribution >= 0.6 is 23.1 Å². The lowest BCUT2D eigenvalue weighted by atomic mass is 10.5. The fraction of sp³-hybridized carbons (Fsp3) is 0.286. The van der Waals surface area contributed by atoms with Crippen molar-refractivity contribution in [3.05, 3.63) is 11.2 Å². The Balaban J connectivity index is 2.81. The van der Waals surface area contributed by atoms with Crippen LogP contribution in [0.2, 0.25) is 0 Å². The van der Waals surface area contributed by atoms with E-state index in [0.29, 0.717) is 4.21 Å². The molecule has 0 spiro atoms. The van der Waals surface area contributed by atoms with Crippen LogP contribution in [-0.4, -0.2) is 32.4 Å².